The van der Waals surface area contributed by atoms with Crippen LogP contribution in [0, 0.1) is 5.92 Å². The van der Waals surface area contributed by atoms with Gasteiger partial charge in [-0.2, -0.15) is 0 Å². The molecule has 17 nitrogen and oxygen atoms in total. The number of carboxylic acid groups (broad SMARTS) is 1. The lowest BCUT2D eigenvalue weighted by Gasteiger charge is -2.38. The molecule has 1 fully saturated rings. The molecule has 2 aliphatic rings. The number of piperidine rings is 1. The second kappa shape index (κ2) is 24.7. The number of carboxylic acids is 1. The fourth-order valence-corrected chi connectivity index (χ4v) is 8.97. The van der Waals surface area contributed by atoms with E-state index in [1.54, 1.807) is 84.6 Å². The average Bonchev–Trinajstić information content (AvgIpc) is 3.64. The monoisotopic (exact) mass is 983 g/mol. The highest BCUT2D eigenvalue weighted by Crippen LogP contribution is 2.44. The summed E-state index contributed by atoms with van der Waals surface area (Å²) in [6.07, 6.45) is 0.940. The molecule has 3 aromatic rings. The van der Waals surface area contributed by atoms with Gasteiger partial charge in [-0.05, 0) is 94.5 Å². The number of nitrogens with one attached hydrogen (secondary N) is 3. The van der Waals surface area contributed by atoms with Crippen LogP contribution in [0.15, 0.2) is 78.9 Å². The van der Waals surface area contributed by atoms with Crippen LogP contribution >= 0.6 is 0 Å². The van der Waals surface area contributed by atoms with E-state index in [4.69, 9.17) is 14.2 Å². The maximum Gasteiger partial charge on any atom is 0.407 e. The van der Waals surface area contributed by atoms with Crippen molar-refractivity contribution in [2.24, 2.45) is 5.92 Å². The molecule has 4 N–H and O–H groups in total. The van der Waals surface area contributed by atoms with Gasteiger partial charge in [0.05, 0.1) is 30.8 Å². The maximum atomic E-state index is 14.9. The fourth-order valence-electron chi connectivity index (χ4n) is 8.97. The van der Waals surface area contributed by atoms with E-state index in [0.29, 0.717) is 18.7 Å². The molecule has 1 saturated heterocycles. The zero-order chi connectivity index (χ0) is 52.2. The van der Waals surface area contributed by atoms with Gasteiger partial charge in [0.25, 0.3) is 0 Å². The number of nitrogens with zero attached hydrogens (tertiary/aromatic N) is 3. The maximum absolute atomic E-state index is 14.9. The molecule has 1 aliphatic heterocycles. The Balaban J connectivity index is 1.39. The molecule has 17 heteroatoms. The van der Waals surface area contributed by atoms with Crippen LogP contribution in [0.3, 0.4) is 0 Å². The molecular formula is C54H74N6O11. The molecule has 6 amide bonds. The van der Waals surface area contributed by atoms with Crippen LogP contribution < -0.4 is 16.0 Å². The van der Waals surface area contributed by atoms with E-state index in [1.807, 2.05) is 54.6 Å². The van der Waals surface area contributed by atoms with E-state index < -0.39 is 95.3 Å². The van der Waals surface area contributed by atoms with Gasteiger partial charge >= 0.3 is 12.1 Å². The third-order valence-corrected chi connectivity index (χ3v) is 12.6. The lowest BCUT2D eigenvalue weighted by molar-refractivity contribution is -0.152. The highest BCUT2D eigenvalue weighted by atomic mass is 16.6. The number of rotatable bonds is 21. The van der Waals surface area contributed by atoms with Crippen LogP contribution in [0.5, 0.6) is 0 Å². The van der Waals surface area contributed by atoms with E-state index in [9.17, 15) is 38.7 Å². The number of carbonyl (C=O) groups excluding carboxylic acids is 6. The van der Waals surface area contributed by atoms with Crippen molar-refractivity contribution in [3.8, 4) is 11.1 Å². The number of alkyl carbamates (subject to hydrolysis) is 1. The van der Waals surface area contributed by atoms with Crippen molar-refractivity contribution in [1.29, 1.82) is 0 Å². The first-order valence-corrected chi connectivity index (χ1v) is 24.5. The summed E-state index contributed by atoms with van der Waals surface area (Å²) in [5, 5.41) is 17.8. The van der Waals surface area contributed by atoms with Crippen molar-refractivity contribution in [3.05, 3.63) is 95.6 Å². The molecule has 0 saturated carbocycles. The summed E-state index contributed by atoms with van der Waals surface area (Å²) in [6, 6.07) is 18.3. The Labute approximate surface area is 418 Å². The van der Waals surface area contributed by atoms with E-state index >= 15 is 0 Å². The van der Waals surface area contributed by atoms with Crippen molar-refractivity contribution in [1.82, 2.24) is 30.7 Å². The van der Waals surface area contributed by atoms with Crippen LogP contribution in [0.1, 0.15) is 104 Å². The predicted molar refractivity (Wildman–Crippen MR) is 268 cm³/mol. The normalized spacial score (nSPS) is 15.8. The molecule has 5 atom stereocenters. The Bertz CT molecular complexity index is 2290. The first-order chi connectivity index (χ1) is 33.5. The van der Waals surface area contributed by atoms with Gasteiger partial charge in [-0.3, -0.25) is 28.8 Å². The van der Waals surface area contributed by atoms with Gasteiger partial charge in [0, 0.05) is 39.5 Å². The summed E-state index contributed by atoms with van der Waals surface area (Å²) in [4.78, 5) is 102. The number of amides is 6. The number of fused-ring (bicyclic) bond motifs is 3. The van der Waals surface area contributed by atoms with E-state index in [0.717, 1.165) is 41.5 Å². The van der Waals surface area contributed by atoms with Crippen LogP contribution in [0.25, 0.3) is 11.1 Å². The number of carbonyl (C=O) groups is 7. The second-order valence-corrected chi connectivity index (χ2v) is 20.8. The summed E-state index contributed by atoms with van der Waals surface area (Å²) < 4.78 is 17.9. The average molecular weight is 983 g/mol. The number of hydrogen-bond acceptors (Lipinski definition) is 10. The molecule has 0 bridgehead atoms. The molecule has 3 aromatic carbocycles. The molecule has 0 aromatic heterocycles. The molecule has 5 rings (SSSR count). The van der Waals surface area contributed by atoms with Crippen LogP contribution in [-0.4, -0.2) is 150 Å². The van der Waals surface area contributed by atoms with Gasteiger partial charge in [0.1, 0.15) is 36.8 Å². The highest BCUT2D eigenvalue weighted by Gasteiger charge is 2.41. The van der Waals surface area contributed by atoms with Crippen molar-refractivity contribution in [3.63, 3.8) is 0 Å². The van der Waals surface area contributed by atoms with Crippen molar-refractivity contribution in [2.75, 3.05) is 47.0 Å². The largest absolute Gasteiger partial charge is 0.481 e. The first-order valence-electron chi connectivity index (χ1n) is 24.5. The summed E-state index contributed by atoms with van der Waals surface area (Å²) in [6.45, 7) is 14.5. The zero-order valence-corrected chi connectivity index (χ0v) is 43.0. The summed E-state index contributed by atoms with van der Waals surface area (Å²) >= 11 is 0. The van der Waals surface area contributed by atoms with Gasteiger partial charge in [-0.25, -0.2) is 4.79 Å². The minimum atomic E-state index is -1.40. The quantitative estimate of drug-likeness (QED) is 0.104. The van der Waals surface area contributed by atoms with Gasteiger partial charge in [-0.1, -0.05) is 92.7 Å². The number of aliphatic carboxylic acids is 1. The van der Waals surface area contributed by atoms with Crippen molar-refractivity contribution >= 4 is 41.6 Å². The van der Waals surface area contributed by atoms with Crippen LogP contribution in [-0.2, 0) is 49.4 Å². The Kier molecular flexibility index (Phi) is 19.3. The van der Waals surface area contributed by atoms with Crippen LogP contribution in [0.4, 0.5) is 4.79 Å². The fraction of sp³-hybridized carbons (Fsp3) is 0.537. The van der Waals surface area contributed by atoms with Gasteiger partial charge < -0.3 is 50.0 Å². The van der Waals surface area contributed by atoms with Crippen molar-refractivity contribution in [2.45, 2.75) is 135 Å². The Morgan fingerprint density at radius 1 is 0.662 bits per heavy atom. The molecule has 1 heterocycles. The van der Waals surface area contributed by atoms with E-state index in [1.165, 1.54) is 23.9 Å². The number of hydrogen-bond donors (Lipinski definition) is 4. The van der Waals surface area contributed by atoms with Gasteiger partial charge in [-0.15, -0.1) is 0 Å². The molecule has 1 aliphatic carbocycles. The number of likely N-dealkylation sites (tertiary alicyclic amines) is 1. The number of benzene rings is 3. The Morgan fingerprint density at radius 2 is 1.18 bits per heavy atom. The molecule has 386 valence electrons. The number of ether oxygens (including phenoxy) is 3. The topological polar surface area (TPSA) is 213 Å². The summed E-state index contributed by atoms with van der Waals surface area (Å²) in [5.41, 5.74) is 3.32. The number of likely N-dealkylation sites (N-methyl/N-ethyl adjacent to an activating group) is 2. The molecular weight excluding hydrogens is 909 g/mol. The van der Waals surface area contributed by atoms with E-state index in [-0.39, 0.29) is 32.2 Å². The molecule has 0 unspecified atom stereocenters. The standard InChI is InChI=1S/C54H74N6O11/c1-34(2)46(48(64)55-41(30-45(61)62)50(66)60-27-19-12-20-28-60)59(10)51(67)44(29-35-21-13-11-14-22-35)58(9)49(65)43(33-71-54(6,7)8)56-47(63)42(32-70-53(3,4)5)57-52(68)69-31-40-38-25-17-15-23-36(38)37-24-16-18-26-39(37)40/h11,13-18,21-26,34,40-44,46H,12,19-20,27-33H2,1-10H3,(H,55,64)(H,56,63)(H,57,68)(H,61,62)/t41-,42-,43-,44-,46-/m0/s1. The van der Waals surface area contributed by atoms with Crippen molar-refractivity contribution < 1.29 is 52.9 Å². The molecule has 71 heavy (non-hydrogen) atoms. The zero-order valence-electron chi connectivity index (χ0n) is 43.0. The minimum Gasteiger partial charge on any atom is -0.481 e. The molecule has 0 spiro atoms. The van der Waals surface area contributed by atoms with Crippen LogP contribution in [0.2, 0.25) is 0 Å². The highest BCUT2D eigenvalue weighted by molar-refractivity contribution is 5.97. The van der Waals surface area contributed by atoms with E-state index in [2.05, 4.69) is 16.0 Å². The Morgan fingerprint density at radius 3 is 1.72 bits per heavy atom. The predicted octanol–water partition coefficient (Wildman–Crippen LogP) is 5.53. The first kappa shape index (κ1) is 55.6. The smallest absolute Gasteiger partial charge is 0.407 e. The Hall–Kier alpha value is -6.33. The SMILES string of the molecule is CC(C)[C@@H](C(=O)N[C@@H](CC(=O)O)C(=O)N1CCCCC1)N(C)C(=O)[C@H](Cc1ccccc1)N(C)C(=O)[C@H](COC(C)(C)C)NC(=O)[C@H](COC(C)(C)C)NC(=O)OCC1c2ccccc2-c2ccccc21. The minimum absolute atomic E-state index is 0.0000450. The summed E-state index contributed by atoms with van der Waals surface area (Å²) in [5.74, 6) is -5.38. The lowest BCUT2D eigenvalue weighted by atomic mass is 9.97. The second-order valence-electron chi connectivity index (χ2n) is 20.8. The van der Waals surface area contributed by atoms with Gasteiger partial charge in [0.15, 0.2) is 0 Å². The third-order valence-electron chi connectivity index (χ3n) is 12.6. The lowest BCUT2D eigenvalue weighted by Crippen LogP contribution is -2.62. The third kappa shape index (κ3) is 15.6. The summed E-state index contributed by atoms with van der Waals surface area (Å²) in [7, 11) is 2.86. The van der Waals surface area contributed by atoms with Gasteiger partial charge in [0.2, 0.25) is 29.5 Å². The molecule has 0 radical (unpaired) electrons.